The lowest BCUT2D eigenvalue weighted by Crippen LogP contribution is -2.47. The number of rotatable bonds is 5. The smallest absolute Gasteiger partial charge is 0.337 e. The number of nitrogens with one attached hydrogen (secondary N) is 1. The summed E-state index contributed by atoms with van der Waals surface area (Å²) in [5.41, 5.74) is 2.82. The highest BCUT2D eigenvalue weighted by molar-refractivity contribution is 6.31. The molecule has 0 unspecified atom stereocenters. The van der Waals surface area contributed by atoms with Crippen LogP contribution in [0.4, 0.5) is 17.1 Å². The number of nitrogens with zero attached hydrogens (tertiary/aromatic N) is 2. The number of amides is 1. The molecule has 1 aliphatic rings. The molecule has 0 aromatic heterocycles. The minimum atomic E-state index is -1.03. The Kier molecular flexibility index (Phi) is 6.09. The van der Waals surface area contributed by atoms with Crippen molar-refractivity contribution in [2.75, 3.05) is 41.3 Å². The van der Waals surface area contributed by atoms with Gasteiger partial charge in [0.25, 0.3) is 5.91 Å². The molecular formula is C24H22ClN3O3. The summed E-state index contributed by atoms with van der Waals surface area (Å²) >= 11 is 5.95. The predicted molar refractivity (Wildman–Crippen MR) is 124 cm³/mol. The number of para-hydroxylation sites is 1. The number of piperazine rings is 1. The van der Waals surface area contributed by atoms with Gasteiger partial charge in [-0.1, -0.05) is 35.9 Å². The number of carbonyl (C=O) groups excluding carboxylic acids is 1. The molecule has 31 heavy (non-hydrogen) atoms. The highest BCUT2D eigenvalue weighted by Gasteiger charge is 2.22. The van der Waals surface area contributed by atoms with Crippen molar-refractivity contribution in [3.8, 4) is 0 Å². The molecule has 1 heterocycles. The molecule has 158 valence electrons. The molecule has 1 aliphatic heterocycles. The van der Waals surface area contributed by atoms with Crippen molar-refractivity contribution in [3.05, 3.63) is 88.9 Å². The molecule has 2 N–H and O–H groups in total. The molecule has 0 spiro atoms. The third kappa shape index (κ3) is 4.81. The number of carboxylic acid groups (broad SMARTS) is 1. The molecule has 1 fully saturated rings. The molecule has 1 saturated heterocycles. The Hall–Kier alpha value is -3.51. The third-order valence-electron chi connectivity index (χ3n) is 5.31. The standard InChI is InChI=1S/C24H22ClN3O3/c25-18-6-4-5-17(15-18)23(29)26-19-9-10-22(21(16-19)24(30)31)28-13-11-27(12-14-28)20-7-2-1-3-8-20/h1-10,15-16H,11-14H2,(H,26,29)(H,30,31). The summed E-state index contributed by atoms with van der Waals surface area (Å²) in [6, 6.07) is 21.8. The monoisotopic (exact) mass is 435 g/mol. The van der Waals surface area contributed by atoms with E-state index < -0.39 is 5.97 Å². The van der Waals surface area contributed by atoms with Crippen molar-refractivity contribution >= 4 is 40.5 Å². The Labute approximate surface area is 185 Å². The van der Waals surface area contributed by atoms with E-state index in [1.807, 2.05) is 18.2 Å². The Morgan fingerprint density at radius 2 is 1.55 bits per heavy atom. The van der Waals surface area contributed by atoms with E-state index in [4.69, 9.17) is 11.6 Å². The topological polar surface area (TPSA) is 72.9 Å². The third-order valence-corrected chi connectivity index (χ3v) is 5.55. The number of benzene rings is 3. The Morgan fingerprint density at radius 3 is 2.23 bits per heavy atom. The van der Waals surface area contributed by atoms with Gasteiger partial charge in [-0.3, -0.25) is 4.79 Å². The van der Waals surface area contributed by atoms with Crippen LogP contribution < -0.4 is 15.1 Å². The van der Waals surface area contributed by atoms with Crippen molar-refractivity contribution in [1.82, 2.24) is 0 Å². The van der Waals surface area contributed by atoms with Crippen LogP contribution in [0, 0.1) is 0 Å². The number of hydrogen-bond donors (Lipinski definition) is 2. The maximum Gasteiger partial charge on any atom is 0.337 e. The number of aromatic carboxylic acids is 1. The average molecular weight is 436 g/mol. The lowest BCUT2D eigenvalue weighted by molar-refractivity contribution is 0.0697. The number of anilines is 3. The van der Waals surface area contributed by atoms with Crippen molar-refractivity contribution in [2.24, 2.45) is 0 Å². The van der Waals surface area contributed by atoms with Gasteiger partial charge in [0.2, 0.25) is 0 Å². The maximum atomic E-state index is 12.5. The molecular weight excluding hydrogens is 414 g/mol. The van der Waals surface area contributed by atoms with Crippen LogP contribution in [0.5, 0.6) is 0 Å². The van der Waals surface area contributed by atoms with Gasteiger partial charge in [0.05, 0.1) is 11.3 Å². The summed E-state index contributed by atoms with van der Waals surface area (Å²) in [6.45, 7) is 3.03. The highest BCUT2D eigenvalue weighted by Crippen LogP contribution is 2.27. The lowest BCUT2D eigenvalue weighted by atomic mass is 10.1. The Balaban J connectivity index is 1.49. The first-order chi connectivity index (χ1) is 15.0. The first-order valence-electron chi connectivity index (χ1n) is 10.0. The molecule has 0 atom stereocenters. The zero-order valence-electron chi connectivity index (χ0n) is 16.8. The van der Waals surface area contributed by atoms with Gasteiger partial charge in [-0.05, 0) is 48.5 Å². The number of hydrogen-bond acceptors (Lipinski definition) is 4. The molecule has 3 aromatic carbocycles. The van der Waals surface area contributed by atoms with Crippen LogP contribution in [0.25, 0.3) is 0 Å². The molecule has 0 saturated carbocycles. The summed E-state index contributed by atoms with van der Waals surface area (Å²) in [6.07, 6.45) is 0. The fourth-order valence-corrected chi connectivity index (χ4v) is 3.93. The van der Waals surface area contributed by atoms with E-state index in [0.717, 1.165) is 13.1 Å². The van der Waals surface area contributed by atoms with Crippen LogP contribution in [0.1, 0.15) is 20.7 Å². The molecule has 6 nitrogen and oxygen atoms in total. The van der Waals surface area contributed by atoms with Crippen LogP contribution in [-0.4, -0.2) is 43.2 Å². The fourth-order valence-electron chi connectivity index (χ4n) is 3.74. The van der Waals surface area contributed by atoms with Crippen molar-refractivity contribution in [3.63, 3.8) is 0 Å². The van der Waals surface area contributed by atoms with Crippen LogP contribution in [-0.2, 0) is 0 Å². The van der Waals surface area contributed by atoms with Crippen molar-refractivity contribution < 1.29 is 14.7 Å². The summed E-state index contributed by atoms with van der Waals surface area (Å²) in [5.74, 6) is -1.37. The molecule has 7 heteroatoms. The van der Waals surface area contributed by atoms with Gasteiger partial charge in [0, 0.05) is 48.1 Å². The number of halogens is 1. The first-order valence-corrected chi connectivity index (χ1v) is 10.4. The van der Waals surface area contributed by atoms with Gasteiger partial charge in [-0.2, -0.15) is 0 Å². The van der Waals surface area contributed by atoms with Crippen molar-refractivity contribution in [2.45, 2.75) is 0 Å². The zero-order valence-corrected chi connectivity index (χ0v) is 17.5. The summed E-state index contributed by atoms with van der Waals surface area (Å²) in [4.78, 5) is 28.8. The van der Waals surface area contributed by atoms with Crippen LogP contribution in [0.15, 0.2) is 72.8 Å². The molecule has 0 radical (unpaired) electrons. The molecule has 1 amide bonds. The quantitative estimate of drug-likeness (QED) is 0.612. The van der Waals surface area contributed by atoms with Crippen LogP contribution in [0.2, 0.25) is 5.02 Å². The SMILES string of the molecule is O=C(Nc1ccc(N2CCN(c3ccccc3)CC2)c(C(=O)O)c1)c1cccc(Cl)c1. The molecule has 3 aromatic rings. The number of carbonyl (C=O) groups is 2. The van der Waals surface area contributed by atoms with E-state index in [1.54, 1.807) is 36.4 Å². The highest BCUT2D eigenvalue weighted by atomic mass is 35.5. The van der Waals surface area contributed by atoms with E-state index in [9.17, 15) is 14.7 Å². The minimum absolute atomic E-state index is 0.164. The van der Waals surface area contributed by atoms with Crippen molar-refractivity contribution in [1.29, 1.82) is 0 Å². The summed E-state index contributed by atoms with van der Waals surface area (Å²) in [7, 11) is 0. The molecule has 0 aliphatic carbocycles. The van der Waals surface area contributed by atoms with Crippen LogP contribution >= 0.6 is 11.6 Å². The summed E-state index contributed by atoms with van der Waals surface area (Å²) < 4.78 is 0. The maximum absolute atomic E-state index is 12.5. The Bertz CT molecular complexity index is 1100. The van der Waals surface area contributed by atoms with E-state index >= 15 is 0 Å². The average Bonchev–Trinajstić information content (AvgIpc) is 2.80. The second-order valence-electron chi connectivity index (χ2n) is 7.31. The van der Waals surface area contributed by atoms with Gasteiger partial charge < -0.3 is 20.2 Å². The van der Waals surface area contributed by atoms with Gasteiger partial charge in [0.1, 0.15) is 0 Å². The normalized spacial score (nSPS) is 13.7. The van der Waals surface area contributed by atoms with Crippen LogP contribution in [0.3, 0.4) is 0 Å². The van der Waals surface area contributed by atoms with Gasteiger partial charge >= 0.3 is 5.97 Å². The van der Waals surface area contributed by atoms with Gasteiger partial charge in [-0.15, -0.1) is 0 Å². The van der Waals surface area contributed by atoms with E-state index in [1.165, 1.54) is 11.8 Å². The molecule has 4 rings (SSSR count). The fraction of sp³-hybridized carbons (Fsp3) is 0.167. The van der Waals surface area contributed by atoms with E-state index in [0.29, 0.717) is 35.1 Å². The lowest BCUT2D eigenvalue weighted by Gasteiger charge is -2.38. The van der Waals surface area contributed by atoms with Gasteiger partial charge in [-0.25, -0.2) is 4.79 Å². The van der Waals surface area contributed by atoms with E-state index in [2.05, 4.69) is 27.2 Å². The van der Waals surface area contributed by atoms with E-state index in [-0.39, 0.29) is 11.5 Å². The Morgan fingerprint density at radius 1 is 0.839 bits per heavy atom. The number of carboxylic acids is 1. The van der Waals surface area contributed by atoms with Gasteiger partial charge in [0.15, 0.2) is 0 Å². The minimum Gasteiger partial charge on any atom is -0.478 e. The molecule has 0 bridgehead atoms. The predicted octanol–water partition coefficient (Wildman–Crippen LogP) is 4.62. The first kappa shape index (κ1) is 20.8. The summed E-state index contributed by atoms with van der Waals surface area (Å²) in [5, 5.41) is 13.0. The second-order valence-corrected chi connectivity index (χ2v) is 7.75. The zero-order chi connectivity index (χ0) is 21.8. The second kappa shape index (κ2) is 9.10. The largest absolute Gasteiger partial charge is 0.478 e.